The number of carbonyl (C=O) groups is 1. The summed E-state index contributed by atoms with van der Waals surface area (Å²) in [5.41, 5.74) is 0.682. The van der Waals surface area contributed by atoms with Crippen molar-refractivity contribution in [2.24, 2.45) is 11.8 Å². The van der Waals surface area contributed by atoms with Crippen molar-refractivity contribution in [3.8, 4) is 0 Å². The largest absolute Gasteiger partial charge is 0.446 e. The highest BCUT2D eigenvalue weighted by molar-refractivity contribution is 6.30. The van der Waals surface area contributed by atoms with Gasteiger partial charge < -0.3 is 4.74 Å². The highest BCUT2D eigenvalue weighted by Gasteiger charge is 2.51. The van der Waals surface area contributed by atoms with Crippen molar-refractivity contribution in [3.05, 3.63) is 29.3 Å². The number of piperidine rings is 2. The molecule has 1 aromatic carbocycles. The molecule has 24 heavy (non-hydrogen) atoms. The summed E-state index contributed by atoms with van der Waals surface area (Å²) in [7, 11) is 0. The Balaban J connectivity index is 1.42. The minimum atomic E-state index is -0.357. The van der Waals surface area contributed by atoms with Gasteiger partial charge in [-0.3, -0.25) is 10.2 Å². The smallest absolute Gasteiger partial charge is 0.411 e. The number of ether oxygens (including phenoxy) is 1. The first-order chi connectivity index (χ1) is 11.6. The minimum absolute atomic E-state index is 0.0461. The summed E-state index contributed by atoms with van der Waals surface area (Å²) in [6, 6.07) is 8.39. The van der Waals surface area contributed by atoms with E-state index in [2.05, 4.69) is 17.1 Å². The van der Waals surface area contributed by atoms with E-state index in [0.717, 1.165) is 6.42 Å². The molecule has 2 bridgehead atoms. The summed E-state index contributed by atoms with van der Waals surface area (Å²) in [6.45, 7) is 3.56. The molecule has 1 saturated carbocycles. The Bertz CT molecular complexity index is 623. The number of hydrogen-bond donors (Lipinski definition) is 1. The average Bonchev–Trinajstić information content (AvgIpc) is 2.93. The van der Waals surface area contributed by atoms with E-state index in [1.54, 1.807) is 12.1 Å². The van der Waals surface area contributed by atoms with E-state index in [1.807, 2.05) is 12.1 Å². The van der Waals surface area contributed by atoms with Gasteiger partial charge >= 0.3 is 6.09 Å². The van der Waals surface area contributed by atoms with Crippen LogP contribution in [0.4, 0.5) is 10.5 Å². The predicted octanol–water partition coefficient (Wildman–Crippen LogP) is 4.54. The molecule has 2 heterocycles. The third-order valence-corrected chi connectivity index (χ3v) is 6.44. The lowest BCUT2D eigenvalue weighted by molar-refractivity contribution is -0.00871. The number of amides is 1. The molecule has 1 aromatic rings. The van der Waals surface area contributed by atoms with Gasteiger partial charge in [0.25, 0.3) is 0 Å². The van der Waals surface area contributed by atoms with Crippen molar-refractivity contribution in [2.75, 3.05) is 11.9 Å². The maximum Gasteiger partial charge on any atom is 0.411 e. The Morgan fingerprint density at radius 1 is 1.33 bits per heavy atom. The average molecular weight is 349 g/mol. The van der Waals surface area contributed by atoms with Gasteiger partial charge in [-0.2, -0.15) is 0 Å². The molecule has 4 nitrogen and oxygen atoms in total. The second-order valence-electron chi connectivity index (χ2n) is 7.52. The van der Waals surface area contributed by atoms with Crippen LogP contribution in [0.5, 0.6) is 0 Å². The van der Waals surface area contributed by atoms with Crippen LogP contribution in [0.2, 0.25) is 5.02 Å². The van der Waals surface area contributed by atoms with Gasteiger partial charge in [0.05, 0.1) is 0 Å². The molecule has 2 aliphatic heterocycles. The Kier molecular flexibility index (Phi) is 4.44. The molecule has 3 aliphatic rings. The first kappa shape index (κ1) is 16.2. The van der Waals surface area contributed by atoms with Crippen LogP contribution in [0.15, 0.2) is 24.3 Å². The first-order valence-electron chi connectivity index (χ1n) is 9.11. The second kappa shape index (κ2) is 6.57. The van der Waals surface area contributed by atoms with E-state index in [0.29, 0.717) is 34.6 Å². The van der Waals surface area contributed by atoms with Crippen molar-refractivity contribution < 1.29 is 9.53 Å². The molecule has 130 valence electrons. The van der Waals surface area contributed by atoms with Gasteiger partial charge in [-0.05, 0) is 63.3 Å². The zero-order valence-corrected chi connectivity index (χ0v) is 14.8. The van der Waals surface area contributed by atoms with Crippen molar-refractivity contribution in [1.29, 1.82) is 0 Å². The molecule has 3 fully saturated rings. The lowest BCUT2D eigenvalue weighted by Gasteiger charge is -2.47. The van der Waals surface area contributed by atoms with E-state index in [-0.39, 0.29) is 12.2 Å². The molecule has 1 N–H and O–H groups in total. The third-order valence-electron chi connectivity index (χ3n) is 6.21. The maximum absolute atomic E-state index is 12.3. The Labute approximate surface area is 148 Å². The fraction of sp³-hybridized carbons (Fsp3) is 0.632. The molecular formula is C19H25ClN2O2. The molecule has 3 unspecified atom stereocenters. The number of rotatable bonds is 2. The van der Waals surface area contributed by atoms with Gasteiger partial charge in [-0.25, -0.2) is 4.79 Å². The summed E-state index contributed by atoms with van der Waals surface area (Å²) in [6.07, 6.45) is 5.75. The number of benzene rings is 1. The van der Waals surface area contributed by atoms with E-state index in [4.69, 9.17) is 16.3 Å². The van der Waals surface area contributed by atoms with Gasteiger partial charge in [-0.1, -0.05) is 24.1 Å². The minimum Gasteiger partial charge on any atom is -0.446 e. The highest BCUT2D eigenvalue weighted by atomic mass is 35.5. The lowest BCUT2D eigenvalue weighted by Crippen LogP contribution is -2.54. The van der Waals surface area contributed by atoms with Gasteiger partial charge in [-0.15, -0.1) is 0 Å². The van der Waals surface area contributed by atoms with Crippen LogP contribution in [0.1, 0.15) is 39.0 Å². The van der Waals surface area contributed by atoms with Crippen LogP contribution >= 0.6 is 11.6 Å². The van der Waals surface area contributed by atoms with Crippen LogP contribution in [0, 0.1) is 11.8 Å². The molecule has 1 aliphatic carbocycles. The van der Waals surface area contributed by atoms with E-state index >= 15 is 0 Å². The first-order valence-corrected chi connectivity index (χ1v) is 9.48. The zero-order valence-electron chi connectivity index (χ0n) is 14.1. The molecule has 0 radical (unpaired) electrons. The lowest BCUT2D eigenvalue weighted by atomic mass is 9.81. The summed E-state index contributed by atoms with van der Waals surface area (Å²) in [4.78, 5) is 15.0. The number of nitrogens with one attached hydrogen (secondary N) is 1. The van der Waals surface area contributed by atoms with Crippen molar-refractivity contribution in [2.45, 2.75) is 57.2 Å². The zero-order chi connectivity index (χ0) is 16.7. The number of fused-ring (bicyclic) bond motifs is 4. The number of nitrogens with zero attached hydrogens (tertiary/aromatic N) is 1. The van der Waals surface area contributed by atoms with E-state index < -0.39 is 0 Å². The van der Waals surface area contributed by atoms with Crippen molar-refractivity contribution in [3.63, 3.8) is 0 Å². The van der Waals surface area contributed by atoms with Gasteiger partial charge in [0.1, 0.15) is 6.10 Å². The number of carbonyl (C=O) groups excluding carboxylic acids is 1. The fourth-order valence-corrected chi connectivity index (χ4v) is 5.26. The van der Waals surface area contributed by atoms with Crippen LogP contribution in [-0.4, -0.2) is 35.7 Å². The molecule has 2 saturated heterocycles. The van der Waals surface area contributed by atoms with Crippen LogP contribution in [0.3, 0.4) is 0 Å². The van der Waals surface area contributed by atoms with Crippen LogP contribution < -0.4 is 5.32 Å². The number of halogens is 1. The van der Waals surface area contributed by atoms with Crippen LogP contribution in [-0.2, 0) is 4.74 Å². The molecular weight excluding hydrogens is 324 g/mol. The second-order valence-corrected chi connectivity index (χ2v) is 7.95. The number of hydrogen-bond acceptors (Lipinski definition) is 3. The molecule has 1 amide bonds. The quantitative estimate of drug-likeness (QED) is 0.853. The van der Waals surface area contributed by atoms with Gasteiger partial charge in [0.2, 0.25) is 0 Å². The predicted molar refractivity (Wildman–Crippen MR) is 95.4 cm³/mol. The van der Waals surface area contributed by atoms with Crippen molar-refractivity contribution >= 4 is 23.4 Å². The highest BCUT2D eigenvalue weighted by Crippen LogP contribution is 2.48. The molecule has 5 atom stereocenters. The van der Waals surface area contributed by atoms with Gasteiger partial charge in [0.15, 0.2) is 0 Å². The Morgan fingerprint density at radius 2 is 2.21 bits per heavy atom. The Hall–Kier alpha value is -1.26. The van der Waals surface area contributed by atoms with E-state index in [9.17, 15) is 4.79 Å². The van der Waals surface area contributed by atoms with Crippen LogP contribution in [0.25, 0.3) is 0 Å². The van der Waals surface area contributed by atoms with E-state index in [1.165, 1.54) is 32.2 Å². The maximum atomic E-state index is 12.3. The van der Waals surface area contributed by atoms with Gasteiger partial charge in [0, 0.05) is 28.7 Å². The summed E-state index contributed by atoms with van der Waals surface area (Å²) < 4.78 is 5.85. The molecule has 5 heteroatoms. The topological polar surface area (TPSA) is 41.6 Å². The molecule has 0 aromatic heterocycles. The summed E-state index contributed by atoms with van der Waals surface area (Å²) in [5, 5.41) is 3.42. The third kappa shape index (κ3) is 3.02. The monoisotopic (exact) mass is 348 g/mol. The SMILES string of the molecule is C[C@H]1C2CC(OC(=O)Nc3cccc(Cl)c3)C(C2)[C@H]2CCCCN21. The summed E-state index contributed by atoms with van der Waals surface area (Å²) in [5.74, 6) is 1.16. The number of anilines is 1. The Morgan fingerprint density at radius 3 is 3.04 bits per heavy atom. The molecule has 4 rings (SSSR count). The fourth-order valence-electron chi connectivity index (χ4n) is 5.07. The summed E-state index contributed by atoms with van der Waals surface area (Å²) >= 11 is 5.97. The standard InChI is InChI=1S/C19H25ClN2O2/c1-12-13-9-16(17-7-2-3-8-22(12)17)18(10-13)24-19(23)21-15-6-4-5-14(20)11-15/h4-6,11-13,16-18H,2-3,7-10H2,1H3,(H,21,23)/t12-,13?,16?,17+,18?/m0/s1. The van der Waals surface area contributed by atoms with Crippen molar-refractivity contribution in [1.82, 2.24) is 4.90 Å². The molecule has 0 spiro atoms. The normalized spacial score (nSPS) is 35.3.